The van der Waals surface area contributed by atoms with Crippen molar-refractivity contribution >= 4 is 27.6 Å². The summed E-state index contributed by atoms with van der Waals surface area (Å²) < 4.78 is 32.6. The highest BCUT2D eigenvalue weighted by Crippen LogP contribution is 2.28. The van der Waals surface area contributed by atoms with E-state index in [1.807, 2.05) is 11.0 Å². The molecule has 11 nitrogen and oxygen atoms in total. The van der Waals surface area contributed by atoms with Crippen LogP contribution in [0.25, 0.3) is 0 Å². The zero-order valence-corrected chi connectivity index (χ0v) is 20.5. The lowest BCUT2D eigenvalue weighted by atomic mass is 9.96. The van der Waals surface area contributed by atoms with Crippen LogP contribution in [-0.2, 0) is 14.8 Å². The summed E-state index contributed by atoms with van der Waals surface area (Å²) in [5, 5.41) is 7.72. The smallest absolute Gasteiger partial charge is 0.324 e. The molecule has 2 saturated heterocycles. The van der Waals surface area contributed by atoms with Gasteiger partial charge in [0.1, 0.15) is 12.2 Å². The van der Waals surface area contributed by atoms with Crippen LogP contribution in [0.1, 0.15) is 18.4 Å². The molecule has 1 aromatic carbocycles. The summed E-state index contributed by atoms with van der Waals surface area (Å²) in [7, 11) is -2.00. The number of nitrogens with two attached hydrogens (primary N) is 1. The lowest BCUT2D eigenvalue weighted by Crippen LogP contribution is -2.56. The molecular formula is C23H31N7O4S. The van der Waals surface area contributed by atoms with Crippen LogP contribution in [0.2, 0.25) is 0 Å². The zero-order chi connectivity index (χ0) is 25.0. The number of sulfonamides is 1. The number of methoxy groups -OCH3 is 1. The van der Waals surface area contributed by atoms with Crippen molar-refractivity contribution in [2.24, 2.45) is 17.6 Å². The molecule has 1 aromatic heterocycles. The fourth-order valence-electron chi connectivity index (χ4n) is 4.71. The number of aromatic nitrogens is 2. The van der Waals surface area contributed by atoms with Gasteiger partial charge in [-0.1, -0.05) is 12.1 Å². The topological polar surface area (TPSA) is 146 Å². The number of urea groups is 1. The van der Waals surface area contributed by atoms with Crippen molar-refractivity contribution in [3.63, 3.8) is 0 Å². The van der Waals surface area contributed by atoms with Crippen molar-refractivity contribution in [3.8, 4) is 0 Å². The van der Waals surface area contributed by atoms with Gasteiger partial charge in [-0.15, -0.1) is 0 Å². The van der Waals surface area contributed by atoms with Crippen molar-refractivity contribution in [2.45, 2.75) is 17.9 Å². The fraction of sp³-hybridized carbons (Fsp3) is 0.478. The molecule has 1 unspecified atom stereocenters. The van der Waals surface area contributed by atoms with Crippen molar-refractivity contribution in [3.05, 3.63) is 48.4 Å². The number of nitrogens with zero attached hydrogens (tertiary/aromatic N) is 5. The maximum Gasteiger partial charge on any atom is 0.324 e. The number of carbonyl (C=O) groups is 1. The van der Waals surface area contributed by atoms with Gasteiger partial charge in [0.2, 0.25) is 0 Å². The van der Waals surface area contributed by atoms with Gasteiger partial charge in [-0.05, 0) is 37.0 Å². The van der Waals surface area contributed by atoms with Gasteiger partial charge >= 0.3 is 6.03 Å². The first kappa shape index (κ1) is 25.0. The van der Waals surface area contributed by atoms with Gasteiger partial charge in [0.05, 0.1) is 6.61 Å². The largest absolute Gasteiger partial charge is 0.384 e. The quantitative estimate of drug-likeness (QED) is 0.315. The lowest BCUT2D eigenvalue weighted by Gasteiger charge is -2.42. The molecule has 12 heteroatoms. The second kappa shape index (κ2) is 10.7. The number of ether oxygens (including phenoxy) is 1. The Morgan fingerprint density at radius 3 is 2.63 bits per heavy atom. The highest BCUT2D eigenvalue weighted by Gasteiger charge is 2.36. The van der Waals surface area contributed by atoms with Crippen molar-refractivity contribution < 1.29 is 17.9 Å². The molecule has 4 rings (SSSR count). The van der Waals surface area contributed by atoms with Crippen LogP contribution in [0.5, 0.6) is 0 Å². The summed E-state index contributed by atoms with van der Waals surface area (Å²) in [6, 6.07) is 8.43. The van der Waals surface area contributed by atoms with Crippen LogP contribution < -0.4 is 10.6 Å². The second-order valence-corrected chi connectivity index (χ2v) is 10.9. The second-order valence-electron chi connectivity index (χ2n) is 8.98. The Kier molecular flexibility index (Phi) is 7.63. The molecule has 2 amide bonds. The number of amides is 2. The molecule has 0 radical (unpaired) electrons. The van der Waals surface area contributed by atoms with Gasteiger partial charge in [-0.3, -0.25) is 10.3 Å². The number of hydrogen-bond donors (Lipinski definition) is 2. The molecule has 2 fully saturated rings. The number of carbonyl (C=O) groups excluding carboxylic acids is 1. The summed E-state index contributed by atoms with van der Waals surface area (Å²) >= 11 is 0. The normalized spacial score (nSPS) is 20.3. The van der Waals surface area contributed by atoms with E-state index in [9.17, 15) is 13.2 Å². The number of hydrogen-bond acceptors (Lipinski definition) is 7. The highest BCUT2D eigenvalue weighted by atomic mass is 32.2. The van der Waals surface area contributed by atoms with E-state index in [1.165, 1.54) is 22.9 Å². The number of piperidine rings is 1. The number of nitrogen functional groups attached to an aromatic ring is 1. The Morgan fingerprint density at radius 1 is 1.20 bits per heavy atom. The molecule has 0 spiro atoms. The predicted octanol–water partition coefficient (Wildman–Crippen LogP) is 1.37. The highest BCUT2D eigenvalue weighted by molar-refractivity contribution is 7.89. The molecule has 0 saturated carbocycles. The Hall–Kier alpha value is -3.09. The van der Waals surface area contributed by atoms with Crippen LogP contribution in [0.15, 0.2) is 47.9 Å². The maximum atomic E-state index is 13.4. The molecule has 3 heterocycles. The van der Waals surface area contributed by atoms with Crippen molar-refractivity contribution in [1.29, 1.82) is 5.41 Å². The van der Waals surface area contributed by atoms with Crippen molar-refractivity contribution in [2.75, 3.05) is 51.3 Å². The van der Waals surface area contributed by atoms with Gasteiger partial charge in [0.25, 0.3) is 10.0 Å². The minimum absolute atomic E-state index is 0.00278. The summed E-state index contributed by atoms with van der Waals surface area (Å²) in [4.78, 5) is 24.7. The van der Waals surface area contributed by atoms with E-state index in [4.69, 9.17) is 15.9 Å². The van der Waals surface area contributed by atoms with Gasteiger partial charge in [0, 0.05) is 63.2 Å². The number of benzene rings is 1. The fourth-order valence-corrected chi connectivity index (χ4v) is 6.08. The average Bonchev–Trinajstić information content (AvgIpc) is 2.87. The van der Waals surface area contributed by atoms with Gasteiger partial charge in [-0.2, -0.15) is 4.31 Å². The van der Waals surface area contributed by atoms with Crippen LogP contribution in [0.4, 0.5) is 10.5 Å². The summed E-state index contributed by atoms with van der Waals surface area (Å²) in [6.07, 6.45) is 3.96. The van der Waals surface area contributed by atoms with E-state index < -0.39 is 10.0 Å². The molecule has 0 bridgehead atoms. The van der Waals surface area contributed by atoms with Crippen LogP contribution in [0.3, 0.4) is 0 Å². The first-order chi connectivity index (χ1) is 16.8. The molecular weight excluding hydrogens is 470 g/mol. The molecule has 35 heavy (non-hydrogen) atoms. The van der Waals surface area contributed by atoms with Gasteiger partial charge < -0.3 is 15.4 Å². The Labute approximate surface area is 205 Å². The maximum absolute atomic E-state index is 13.4. The van der Waals surface area contributed by atoms with Crippen LogP contribution >= 0.6 is 0 Å². The molecule has 188 valence electrons. The molecule has 0 aliphatic carbocycles. The van der Waals surface area contributed by atoms with E-state index in [-0.39, 0.29) is 28.7 Å². The third-order valence-corrected chi connectivity index (χ3v) is 8.32. The first-order valence-corrected chi connectivity index (χ1v) is 13.0. The number of rotatable bonds is 8. The number of nitrogens with one attached hydrogen (secondary N) is 1. The minimum Gasteiger partial charge on any atom is -0.384 e. The lowest BCUT2D eigenvalue weighted by molar-refractivity contribution is 0.105. The van der Waals surface area contributed by atoms with E-state index in [0.29, 0.717) is 63.4 Å². The van der Waals surface area contributed by atoms with Crippen molar-refractivity contribution in [1.82, 2.24) is 19.2 Å². The third kappa shape index (κ3) is 5.60. The predicted molar refractivity (Wildman–Crippen MR) is 131 cm³/mol. The Balaban J connectivity index is 1.44. The summed E-state index contributed by atoms with van der Waals surface area (Å²) in [5.74, 6) is 0.254. The van der Waals surface area contributed by atoms with E-state index in [2.05, 4.69) is 9.97 Å². The number of anilines is 1. The number of amidine groups is 1. The Morgan fingerprint density at radius 2 is 1.97 bits per heavy atom. The van der Waals surface area contributed by atoms with Crippen LogP contribution in [-0.4, -0.2) is 85.9 Å². The van der Waals surface area contributed by atoms with E-state index in [1.54, 1.807) is 30.2 Å². The monoisotopic (exact) mass is 501 g/mol. The summed E-state index contributed by atoms with van der Waals surface area (Å²) in [5.41, 5.74) is 6.90. The van der Waals surface area contributed by atoms with E-state index in [0.717, 1.165) is 0 Å². The van der Waals surface area contributed by atoms with E-state index >= 15 is 0 Å². The zero-order valence-electron chi connectivity index (χ0n) is 19.7. The molecule has 3 N–H and O–H groups in total. The third-order valence-electron chi connectivity index (χ3n) is 6.50. The molecule has 2 aromatic rings. The molecule has 1 atom stereocenters. The minimum atomic E-state index is -3.65. The Bertz CT molecular complexity index is 1150. The standard InChI is InChI=1S/C23H31N7O4S/c1-34-15-18-13-28(23(31)30(14-18)20-4-2-3-19(11-20)22(24)25)12-17-6-9-29(10-7-17)35(32,33)21-5-8-26-16-27-21/h2-5,8,11,16-18H,6-7,9-10,12-15H2,1H3,(H3,24,25). The SMILES string of the molecule is COCC1CN(CC2CCN(S(=O)(=O)c3ccncn3)CC2)C(=O)N(c2cccc(C(=N)N)c2)C1. The molecule has 2 aliphatic rings. The molecule has 2 aliphatic heterocycles. The average molecular weight is 502 g/mol. The van der Waals surface area contributed by atoms with Gasteiger partial charge in [0.15, 0.2) is 5.03 Å². The first-order valence-electron chi connectivity index (χ1n) is 11.6. The van der Waals surface area contributed by atoms with Crippen LogP contribution in [0, 0.1) is 17.2 Å². The van der Waals surface area contributed by atoms with Gasteiger partial charge in [-0.25, -0.2) is 23.2 Å². The summed E-state index contributed by atoms with van der Waals surface area (Å²) in [6.45, 7) is 2.91.